The van der Waals surface area contributed by atoms with Crippen molar-refractivity contribution < 1.29 is 0 Å². The molecule has 1 aliphatic rings. The van der Waals surface area contributed by atoms with Crippen molar-refractivity contribution in [3.05, 3.63) is 12.3 Å². The van der Waals surface area contributed by atoms with Gasteiger partial charge in [-0.25, -0.2) is 4.99 Å². The lowest BCUT2D eigenvalue weighted by Gasteiger charge is -2.31. The maximum atomic E-state index is 4.65. The van der Waals surface area contributed by atoms with Gasteiger partial charge < -0.3 is 4.90 Å². The minimum Gasteiger partial charge on any atom is -0.337 e. The third kappa shape index (κ3) is 5.47. The van der Waals surface area contributed by atoms with Crippen LogP contribution in [-0.4, -0.2) is 30.7 Å². The SMILES string of the molecule is C=C(C(CC)CC1CCCC1CC)N(C)C(C)=NC(CC)=NC. The third-order valence-corrected chi connectivity index (χ3v) is 5.67. The van der Waals surface area contributed by atoms with Crippen LogP contribution in [0, 0.1) is 17.8 Å². The highest BCUT2D eigenvalue weighted by molar-refractivity contribution is 5.96. The van der Waals surface area contributed by atoms with Crippen molar-refractivity contribution in [2.45, 2.75) is 72.6 Å². The van der Waals surface area contributed by atoms with Crippen LogP contribution in [0.5, 0.6) is 0 Å². The van der Waals surface area contributed by atoms with E-state index in [9.17, 15) is 0 Å². The molecule has 0 bridgehead atoms. The molecule has 1 aliphatic carbocycles. The Morgan fingerprint density at radius 3 is 2.39 bits per heavy atom. The molecule has 0 aromatic carbocycles. The highest BCUT2D eigenvalue weighted by Crippen LogP contribution is 2.40. The molecule has 0 heterocycles. The average molecular weight is 320 g/mol. The van der Waals surface area contributed by atoms with Gasteiger partial charge in [-0.2, -0.15) is 0 Å². The van der Waals surface area contributed by atoms with E-state index < -0.39 is 0 Å². The van der Waals surface area contributed by atoms with Gasteiger partial charge in [0.15, 0.2) is 0 Å². The number of hydrogen-bond donors (Lipinski definition) is 0. The van der Waals surface area contributed by atoms with Gasteiger partial charge in [0.1, 0.15) is 11.7 Å². The lowest BCUT2D eigenvalue weighted by Crippen LogP contribution is -2.29. The second-order valence-electron chi connectivity index (χ2n) is 6.90. The van der Waals surface area contributed by atoms with Crippen LogP contribution < -0.4 is 0 Å². The van der Waals surface area contributed by atoms with Gasteiger partial charge in [0.2, 0.25) is 0 Å². The Hall–Kier alpha value is -1.12. The topological polar surface area (TPSA) is 28.0 Å². The van der Waals surface area contributed by atoms with Gasteiger partial charge in [0, 0.05) is 26.2 Å². The van der Waals surface area contributed by atoms with E-state index in [1.54, 1.807) is 0 Å². The zero-order valence-corrected chi connectivity index (χ0v) is 16.2. The minimum absolute atomic E-state index is 0.561. The van der Waals surface area contributed by atoms with Crippen molar-refractivity contribution in [3.63, 3.8) is 0 Å². The standard InChI is InChI=1S/C20H37N3/c1-8-17-12-11-13-19(17)14-18(9-2)15(4)23(7)16(5)22-20(10-3)21-6/h17-19H,4,8-14H2,1-3,5-7H3. The van der Waals surface area contributed by atoms with E-state index in [-0.39, 0.29) is 0 Å². The Balaban J connectivity index is 2.75. The maximum absolute atomic E-state index is 4.65. The first-order valence-electron chi connectivity index (χ1n) is 9.41. The van der Waals surface area contributed by atoms with E-state index in [1.165, 1.54) is 37.8 Å². The molecular formula is C20H37N3. The number of aliphatic imine (C=N–C) groups is 2. The summed E-state index contributed by atoms with van der Waals surface area (Å²) in [6, 6.07) is 0. The lowest BCUT2D eigenvalue weighted by molar-refractivity contribution is 0.294. The third-order valence-electron chi connectivity index (χ3n) is 5.67. The maximum Gasteiger partial charge on any atom is 0.124 e. The fourth-order valence-corrected chi connectivity index (χ4v) is 3.90. The molecule has 3 atom stereocenters. The summed E-state index contributed by atoms with van der Waals surface area (Å²) < 4.78 is 0. The van der Waals surface area contributed by atoms with Crippen molar-refractivity contribution in [1.82, 2.24) is 4.90 Å². The molecule has 0 N–H and O–H groups in total. The zero-order valence-electron chi connectivity index (χ0n) is 16.2. The van der Waals surface area contributed by atoms with Gasteiger partial charge in [-0.3, -0.25) is 4.99 Å². The van der Waals surface area contributed by atoms with Gasteiger partial charge in [-0.1, -0.05) is 53.0 Å². The van der Waals surface area contributed by atoms with Crippen LogP contribution in [0.1, 0.15) is 72.6 Å². The van der Waals surface area contributed by atoms with Crippen LogP contribution in [0.3, 0.4) is 0 Å². The van der Waals surface area contributed by atoms with E-state index in [2.05, 4.69) is 56.2 Å². The second kappa shape index (κ2) is 9.89. The van der Waals surface area contributed by atoms with Crippen molar-refractivity contribution >= 4 is 11.7 Å². The fraction of sp³-hybridized carbons (Fsp3) is 0.800. The smallest absolute Gasteiger partial charge is 0.124 e. The zero-order chi connectivity index (χ0) is 17.4. The predicted molar refractivity (Wildman–Crippen MR) is 103 cm³/mol. The number of amidine groups is 2. The van der Waals surface area contributed by atoms with Crippen molar-refractivity contribution in [2.75, 3.05) is 14.1 Å². The molecule has 0 aromatic heterocycles. The molecule has 0 saturated heterocycles. The summed E-state index contributed by atoms with van der Waals surface area (Å²) >= 11 is 0. The first-order valence-corrected chi connectivity index (χ1v) is 9.41. The average Bonchev–Trinajstić information content (AvgIpc) is 3.02. The molecule has 1 fully saturated rings. The normalized spacial score (nSPS) is 23.9. The van der Waals surface area contributed by atoms with Crippen LogP contribution >= 0.6 is 0 Å². The summed E-state index contributed by atoms with van der Waals surface area (Å²) in [5.74, 6) is 4.27. The highest BCUT2D eigenvalue weighted by Gasteiger charge is 2.29. The molecule has 3 unspecified atom stereocenters. The summed E-state index contributed by atoms with van der Waals surface area (Å²) in [5.41, 5.74) is 1.21. The quantitative estimate of drug-likeness (QED) is 0.448. The molecule has 0 aromatic rings. The Labute approximate surface area is 144 Å². The molecular weight excluding hydrogens is 282 g/mol. The number of allylic oxidation sites excluding steroid dienone is 1. The summed E-state index contributed by atoms with van der Waals surface area (Å²) in [6.07, 6.45) is 8.88. The van der Waals surface area contributed by atoms with Gasteiger partial charge in [-0.05, 0) is 37.5 Å². The predicted octanol–water partition coefficient (Wildman–Crippen LogP) is 5.53. The summed E-state index contributed by atoms with van der Waals surface area (Å²) in [4.78, 5) is 11.0. The van der Waals surface area contributed by atoms with E-state index in [0.717, 1.165) is 36.3 Å². The Morgan fingerprint density at radius 2 is 1.87 bits per heavy atom. The molecule has 0 spiro atoms. The van der Waals surface area contributed by atoms with E-state index in [4.69, 9.17) is 0 Å². The second-order valence-corrected chi connectivity index (χ2v) is 6.90. The molecule has 0 amide bonds. The summed E-state index contributed by atoms with van der Waals surface area (Å²) in [7, 11) is 3.91. The van der Waals surface area contributed by atoms with Gasteiger partial charge in [0.25, 0.3) is 0 Å². The number of hydrogen-bond acceptors (Lipinski definition) is 1. The molecule has 0 aliphatic heterocycles. The van der Waals surface area contributed by atoms with Crippen LogP contribution in [0.4, 0.5) is 0 Å². The van der Waals surface area contributed by atoms with Gasteiger partial charge in [0.05, 0.1) is 0 Å². The summed E-state index contributed by atoms with van der Waals surface area (Å²) in [6.45, 7) is 13.2. The van der Waals surface area contributed by atoms with Crippen molar-refractivity contribution in [3.8, 4) is 0 Å². The number of nitrogens with zero attached hydrogens (tertiary/aromatic N) is 3. The largest absolute Gasteiger partial charge is 0.337 e. The molecule has 3 heteroatoms. The molecule has 23 heavy (non-hydrogen) atoms. The monoisotopic (exact) mass is 319 g/mol. The Kier molecular flexibility index (Phi) is 8.57. The first-order chi connectivity index (χ1) is 11.0. The van der Waals surface area contributed by atoms with Crippen LogP contribution in [-0.2, 0) is 0 Å². The fourth-order valence-electron chi connectivity index (χ4n) is 3.90. The van der Waals surface area contributed by atoms with Crippen LogP contribution in [0.25, 0.3) is 0 Å². The van der Waals surface area contributed by atoms with Crippen LogP contribution in [0.2, 0.25) is 0 Å². The molecule has 0 radical (unpaired) electrons. The Bertz CT molecular complexity index is 436. The van der Waals surface area contributed by atoms with Crippen LogP contribution in [0.15, 0.2) is 22.3 Å². The van der Waals surface area contributed by atoms with Crippen molar-refractivity contribution in [2.24, 2.45) is 27.7 Å². The molecule has 1 rings (SSSR count). The van der Waals surface area contributed by atoms with E-state index >= 15 is 0 Å². The lowest BCUT2D eigenvalue weighted by atomic mass is 9.83. The Morgan fingerprint density at radius 1 is 1.22 bits per heavy atom. The van der Waals surface area contributed by atoms with E-state index in [1.807, 2.05) is 7.05 Å². The number of rotatable bonds is 7. The minimum atomic E-state index is 0.561. The molecule has 132 valence electrons. The first kappa shape index (κ1) is 19.9. The highest BCUT2D eigenvalue weighted by atomic mass is 15.2. The van der Waals surface area contributed by atoms with Gasteiger partial charge >= 0.3 is 0 Å². The summed E-state index contributed by atoms with van der Waals surface area (Å²) in [5, 5.41) is 0. The molecule has 3 nitrogen and oxygen atoms in total. The molecule has 1 saturated carbocycles. The van der Waals surface area contributed by atoms with E-state index in [0.29, 0.717) is 5.92 Å². The van der Waals surface area contributed by atoms with Gasteiger partial charge in [-0.15, -0.1) is 0 Å². The van der Waals surface area contributed by atoms with Crippen molar-refractivity contribution in [1.29, 1.82) is 0 Å².